The number of rotatable bonds is 6. The van der Waals surface area contributed by atoms with Crippen molar-refractivity contribution < 1.29 is 19.1 Å². The number of carbonyl (C=O) groups excluding carboxylic acids is 2. The second kappa shape index (κ2) is 7.25. The van der Waals surface area contributed by atoms with E-state index in [0.29, 0.717) is 11.4 Å². The van der Waals surface area contributed by atoms with Crippen LogP contribution in [-0.2, 0) is 14.3 Å². The molecule has 0 aromatic heterocycles. The standard InChI is InChI=1S/C13H16N2O4/c1-4-19-13(17)12(9(2)16)15-14-10-7-5-6-8-11(10)18-3/h5-8,12H,4H2,1-3H3. The van der Waals surface area contributed by atoms with Gasteiger partial charge in [-0.15, -0.1) is 0 Å². The molecule has 0 aliphatic rings. The van der Waals surface area contributed by atoms with Gasteiger partial charge in [-0.1, -0.05) is 12.1 Å². The molecule has 1 aromatic rings. The van der Waals surface area contributed by atoms with Crippen LogP contribution in [0.2, 0.25) is 0 Å². The van der Waals surface area contributed by atoms with Crippen LogP contribution < -0.4 is 4.74 Å². The Balaban J connectivity index is 2.92. The fourth-order valence-electron chi connectivity index (χ4n) is 1.35. The molecule has 0 saturated carbocycles. The van der Waals surface area contributed by atoms with Crippen LogP contribution in [-0.4, -0.2) is 31.5 Å². The lowest BCUT2D eigenvalue weighted by Gasteiger charge is -2.07. The molecule has 6 nitrogen and oxygen atoms in total. The fraction of sp³-hybridized carbons (Fsp3) is 0.385. The normalized spacial score (nSPS) is 12.2. The lowest BCUT2D eigenvalue weighted by Crippen LogP contribution is -2.28. The number of nitrogens with zero attached hydrogens (tertiary/aromatic N) is 2. The first-order chi connectivity index (χ1) is 9.10. The van der Waals surface area contributed by atoms with Crippen molar-refractivity contribution in [2.24, 2.45) is 10.2 Å². The number of para-hydroxylation sites is 1. The first-order valence-corrected chi connectivity index (χ1v) is 5.81. The van der Waals surface area contributed by atoms with Gasteiger partial charge < -0.3 is 9.47 Å². The third-order valence-electron chi connectivity index (χ3n) is 2.26. The molecule has 1 unspecified atom stereocenters. The van der Waals surface area contributed by atoms with Gasteiger partial charge in [-0.25, -0.2) is 4.79 Å². The maximum absolute atomic E-state index is 11.5. The van der Waals surface area contributed by atoms with Crippen molar-refractivity contribution in [3.8, 4) is 5.75 Å². The Morgan fingerprint density at radius 1 is 1.32 bits per heavy atom. The Kier molecular flexibility index (Phi) is 5.66. The molecule has 0 aliphatic heterocycles. The third kappa shape index (κ3) is 4.17. The van der Waals surface area contributed by atoms with E-state index in [1.807, 2.05) is 0 Å². The lowest BCUT2D eigenvalue weighted by molar-refractivity contribution is -0.147. The van der Waals surface area contributed by atoms with Gasteiger partial charge in [0.25, 0.3) is 0 Å². The van der Waals surface area contributed by atoms with E-state index in [4.69, 9.17) is 9.47 Å². The van der Waals surface area contributed by atoms with Crippen molar-refractivity contribution in [3.63, 3.8) is 0 Å². The molecular weight excluding hydrogens is 248 g/mol. The molecule has 0 amide bonds. The minimum atomic E-state index is -1.23. The number of ether oxygens (including phenoxy) is 2. The zero-order valence-electron chi connectivity index (χ0n) is 11.1. The summed E-state index contributed by atoms with van der Waals surface area (Å²) in [6.45, 7) is 3.11. The van der Waals surface area contributed by atoms with Gasteiger partial charge >= 0.3 is 5.97 Å². The van der Waals surface area contributed by atoms with Gasteiger partial charge in [-0.3, -0.25) is 4.79 Å². The largest absolute Gasteiger partial charge is 0.494 e. The average Bonchev–Trinajstić information content (AvgIpc) is 2.39. The molecule has 0 bridgehead atoms. The molecule has 0 radical (unpaired) electrons. The summed E-state index contributed by atoms with van der Waals surface area (Å²) in [6.07, 6.45) is 0. The molecule has 0 fully saturated rings. The first-order valence-electron chi connectivity index (χ1n) is 5.81. The van der Waals surface area contributed by atoms with Crippen LogP contribution in [0.5, 0.6) is 5.75 Å². The molecule has 0 saturated heterocycles. The Labute approximate surface area is 111 Å². The molecule has 0 spiro atoms. The van der Waals surface area contributed by atoms with Crippen molar-refractivity contribution in [1.29, 1.82) is 0 Å². The predicted molar refractivity (Wildman–Crippen MR) is 68.6 cm³/mol. The molecule has 1 atom stereocenters. The number of Topliss-reactive ketones (excluding diaryl/α,β-unsaturated/α-hetero) is 1. The van der Waals surface area contributed by atoms with Gasteiger partial charge in [0.05, 0.1) is 13.7 Å². The third-order valence-corrected chi connectivity index (χ3v) is 2.26. The maximum Gasteiger partial charge on any atom is 0.340 e. The topological polar surface area (TPSA) is 77.3 Å². The number of ketones is 1. The SMILES string of the molecule is CCOC(=O)C(N=Nc1ccccc1OC)C(C)=O. The van der Waals surface area contributed by atoms with Crippen LogP contribution in [0.1, 0.15) is 13.8 Å². The fourth-order valence-corrected chi connectivity index (χ4v) is 1.35. The Morgan fingerprint density at radius 2 is 2.00 bits per heavy atom. The summed E-state index contributed by atoms with van der Waals surface area (Å²) in [7, 11) is 1.50. The van der Waals surface area contributed by atoms with Crippen LogP contribution in [0.25, 0.3) is 0 Å². The number of esters is 1. The van der Waals surface area contributed by atoms with E-state index in [2.05, 4.69) is 10.2 Å². The molecule has 1 rings (SSSR count). The van der Waals surface area contributed by atoms with Crippen LogP contribution in [0, 0.1) is 0 Å². The first kappa shape index (κ1) is 14.8. The zero-order chi connectivity index (χ0) is 14.3. The van der Waals surface area contributed by atoms with Crippen molar-refractivity contribution in [2.45, 2.75) is 19.9 Å². The second-order valence-corrected chi connectivity index (χ2v) is 3.65. The highest BCUT2D eigenvalue weighted by Crippen LogP contribution is 2.26. The molecular formula is C13H16N2O4. The predicted octanol–water partition coefficient (Wildman–Crippen LogP) is 2.30. The van der Waals surface area contributed by atoms with Gasteiger partial charge in [0.15, 0.2) is 5.78 Å². The quantitative estimate of drug-likeness (QED) is 0.448. The molecule has 0 N–H and O–H groups in total. The molecule has 6 heteroatoms. The Bertz CT molecular complexity index is 485. The van der Waals surface area contributed by atoms with Crippen LogP contribution in [0.4, 0.5) is 5.69 Å². The summed E-state index contributed by atoms with van der Waals surface area (Å²) in [5, 5.41) is 7.62. The van der Waals surface area contributed by atoms with Gasteiger partial charge in [-0.05, 0) is 26.0 Å². The summed E-state index contributed by atoms with van der Waals surface area (Å²) in [5.74, 6) is -0.608. The van der Waals surface area contributed by atoms with E-state index in [9.17, 15) is 9.59 Å². The molecule has 19 heavy (non-hydrogen) atoms. The minimum absolute atomic E-state index is 0.187. The van der Waals surface area contributed by atoms with E-state index >= 15 is 0 Å². The smallest absolute Gasteiger partial charge is 0.340 e. The molecule has 1 aromatic carbocycles. The van der Waals surface area contributed by atoms with Crippen molar-refractivity contribution in [2.75, 3.05) is 13.7 Å². The van der Waals surface area contributed by atoms with Crippen molar-refractivity contribution >= 4 is 17.4 Å². The van der Waals surface area contributed by atoms with E-state index in [-0.39, 0.29) is 6.61 Å². The van der Waals surface area contributed by atoms with Crippen LogP contribution >= 0.6 is 0 Å². The summed E-state index contributed by atoms with van der Waals surface area (Å²) >= 11 is 0. The van der Waals surface area contributed by atoms with E-state index < -0.39 is 17.8 Å². The average molecular weight is 264 g/mol. The Hall–Kier alpha value is -2.24. The number of methoxy groups -OCH3 is 1. The van der Waals surface area contributed by atoms with Crippen molar-refractivity contribution in [1.82, 2.24) is 0 Å². The highest BCUT2D eigenvalue weighted by molar-refractivity contribution is 6.02. The van der Waals surface area contributed by atoms with Crippen molar-refractivity contribution in [3.05, 3.63) is 24.3 Å². The van der Waals surface area contributed by atoms with Gasteiger partial charge in [0, 0.05) is 0 Å². The summed E-state index contributed by atoms with van der Waals surface area (Å²) in [5.41, 5.74) is 0.445. The van der Waals surface area contributed by atoms with Gasteiger partial charge in [0.2, 0.25) is 6.04 Å². The molecule has 0 aliphatic carbocycles. The van der Waals surface area contributed by atoms with E-state index in [1.165, 1.54) is 14.0 Å². The maximum atomic E-state index is 11.5. The number of benzene rings is 1. The minimum Gasteiger partial charge on any atom is -0.494 e. The summed E-state index contributed by atoms with van der Waals surface area (Å²) in [6, 6.07) is 5.69. The zero-order valence-corrected chi connectivity index (χ0v) is 11.1. The molecule has 102 valence electrons. The number of azo groups is 1. The lowest BCUT2D eigenvalue weighted by atomic mass is 10.2. The Morgan fingerprint density at radius 3 is 2.58 bits per heavy atom. The second-order valence-electron chi connectivity index (χ2n) is 3.65. The van der Waals surface area contributed by atoms with Gasteiger partial charge in [0.1, 0.15) is 11.4 Å². The summed E-state index contributed by atoms with van der Waals surface area (Å²) in [4.78, 5) is 22.9. The molecule has 0 heterocycles. The van der Waals surface area contributed by atoms with Crippen LogP contribution in [0.15, 0.2) is 34.5 Å². The van der Waals surface area contributed by atoms with Gasteiger partial charge in [-0.2, -0.15) is 10.2 Å². The number of hydrogen-bond donors (Lipinski definition) is 0. The highest BCUT2D eigenvalue weighted by atomic mass is 16.5. The summed E-state index contributed by atoms with van der Waals surface area (Å²) < 4.78 is 9.86. The van der Waals surface area contributed by atoms with E-state index in [1.54, 1.807) is 31.2 Å². The number of hydrogen-bond acceptors (Lipinski definition) is 6. The number of carbonyl (C=O) groups is 2. The van der Waals surface area contributed by atoms with E-state index in [0.717, 1.165) is 0 Å². The monoisotopic (exact) mass is 264 g/mol. The highest BCUT2D eigenvalue weighted by Gasteiger charge is 2.24. The van der Waals surface area contributed by atoms with Crippen LogP contribution in [0.3, 0.4) is 0 Å².